The lowest BCUT2D eigenvalue weighted by molar-refractivity contribution is -0.233. The summed E-state index contributed by atoms with van der Waals surface area (Å²) in [5.74, 6) is -0.672. The summed E-state index contributed by atoms with van der Waals surface area (Å²) < 4.78 is 47.2. The normalized spacial score (nSPS) is 19.4. The Labute approximate surface area is 117 Å². The van der Waals surface area contributed by atoms with Crippen LogP contribution < -0.4 is 10.2 Å². The van der Waals surface area contributed by atoms with Gasteiger partial charge in [0.15, 0.2) is 11.9 Å². The molecule has 6 nitrogen and oxygen atoms in total. The number of aromatic nitrogens is 1. The van der Waals surface area contributed by atoms with Crippen molar-refractivity contribution in [1.82, 2.24) is 9.88 Å². The van der Waals surface area contributed by atoms with Gasteiger partial charge in [-0.1, -0.05) is 0 Å². The average Bonchev–Trinajstić information content (AvgIpc) is 2.45. The molecule has 2 heterocycles. The zero-order chi connectivity index (χ0) is 15.6. The molecule has 116 valence electrons. The number of rotatable bonds is 2. The van der Waals surface area contributed by atoms with Crippen molar-refractivity contribution in [3.05, 3.63) is 28.2 Å². The molecule has 1 atom stereocenters. The summed E-state index contributed by atoms with van der Waals surface area (Å²) >= 11 is 0. The smallest absolute Gasteiger partial charge is 0.416 e. The lowest BCUT2D eigenvalue weighted by Crippen LogP contribution is -2.51. The van der Waals surface area contributed by atoms with Gasteiger partial charge in [-0.25, -0.2) is 0 Å². The van der Waals surface area contributed by atoms with Crippen molar-refractivity contribution in [2.24, 2.45) is 0 Å². The maximum atomic E-state index is 12.6. The molecule has 21 heavy (non-hydrogen) atoms. The third kappa shape index (κ3) is 3.35. The number of pyridine rings is 1. The lowest BCUT2D eigenvalue weighted by atomic mass is 10.2. The van der Waals surface area contributed by atoms with Crippen LogP contribution in [0.4, 0.5) is 13.2 Å². The number of halogens is 3. The van der Waals surface area contributed by atoms with Gasteiger partial charge in [0.2, 0.25) is 5.43 Å². The fourth-order valence-electron chi connectivity index (χ4n) is 1.94. The van der Waals surface area contributed by atoms with Crippen molar-refractivity contribution in [2.75, 3.05) is 26.8 Å². The van der Waals surface area contributed by atoms with Crippen molar-refractivity contribution in [3.63, 3.8) is 0 Å². The van der Waals surface area contributed by atoms with Crippen LogP contribution >= 0.6 is 0 Å². The van der Waals surface area contributed by atoms with E-state index in [9.17, 15) is 22.8 Å². The Bertz CT molecular complexity index is 585. The van der Waals surface area contributed by atoms with Gasteiger partial charge in [0.1, 0.15) is 5.69 Å². The number of H-pyrrole nitrogens is 1. The Morgan fingerprint density at radius 3 is 2.81 bits per heavy atom. The van der Waals surface area contributed by atoms with Crippen molar-refractivity contribution in [2.45, 2.75) is 12.3 Å². The van der Waals surface area contributed by atoms with Gasteiger partial charge in [-0.2, -0.15) is 13.2 Å². The molecule has 1 aliphatic heterocycles. The number of hydrogen-bond donors (Lipinski definition) is 1. The molecule has 2 rings (SSSR count). The predicted octanol–water partition coefficient (Wildman–Crippen LogP) is 0.787. The Balaban J connectivity index is 2.16. The first-order valence-electron chi connectivity index (χ1n) is 6.07. The number of nitrogens with zero attached hydrogens (tertiary/aromatic N) is 1. The van der Waals surface area contributed by atoms with Crippen molar-refractivity contribution >= 4 is 5.91 Å². The van der Waals surface area contributed by atoms with Gasteiger partial charge in [0, 0.05) is 18.8 Å². The maximum absolute atomic E-state index is 12.6. The first kappa shape index (κ1) is 15.4. The molecule has 0 spiro atoms. The molecule has 0 radical (unpaired) electrons. The summed E-state index contributed by atoms with van der Waals surface area (Å²) in [6.45, 7) is -0.786. The Hall–Kier alpha value is -2.03. The Morgan fingerprint density at radius 1 is 1.52 bits per heavy atom. The molecule has 9 heteroatoms. The Morgan fingerprint density at radius 2 is 2.24 bits per heavy atom. The zero-order valence-corrected chi connectivity index (χ0v) is 11.1. The summed E-state index contributed by atoms with van der Waals surface area (Å²) in [4.78, 5) is 27.2. The van der Waals surface area contributed by atoms with Crippen LogP contribution in [0.2, 0.25) is 0 Å². The first-order chi connectivity index (χ1) is 9.82. The molecule has 0 aliphatic carbocycles. The summed E-state index contributed by atoms with van der Waals surface area (Å²) in [7, 11) is 1.29. The fraction of sp³-hybridized carbons (Fsp3) is 0.500. The highest BCUT2D eigenvalue weighted by molar-refractivity contribution is 5.92. The van der Waals surface area contributed by atoms with Crippen LogP contribution in [0.1, 0.15) is 10.5 Å². The second-order valence-electron chi connectivity index (χ2n) is 4.43. The van der Waals surface area contributed by atoms with Gasteiger partial charge in [-0.05, 0) is 0 Å². The van der Waals surface area contributed by atoms with Crippen molar-refractivity contribution < 1.29 is 27.4 Å². The Kier molecular flexibility index (Phi) is 4.21. The van der Waals surface area contributed by atoms with E-state index in [0.29, 0.717) is 0 Å². The molecule has 1 fully saturated rings. The summed E-state index contributed by atoms with van der Waals surface area (Å²) in [5, 5.41) is 0. The van der Waals surface area contributed by atoms with E-state index in [1.54, 1.807) is 0 Å². The van der Waals surface area contributed by atoms with Crippen LogP contribution in [0.25, 0.3) is 0 Å². The van der Waals surface area contributed by atoms with Gasteiger partial charge in [0.25, 0.3) is 5.91 Å². The molecule has 1 aliphatic rings. The van der Waals surface area contributed by atoms with Crippen molar-refractivity contribution in [1.29, 1.82) is 0 Å². The quantitative estimate of drug-likeness (QED) is 0.877. The van der Waals surface area contributed by atoms with Crippen LogP contribution in [0.3, 0.4) is 0 Å². The highest BCUT2D eigenvalue weighted by Gasteiger charge is 2.44. The summed E-state index contributed by atoms with van der Waals surface area (Å²) in [5.41, 5.74) is -0.621. The van der Waals surface area contributed by atoms with E-state index in [1.807, 2.05) is 0 Å². The summed E-state index contributed by atoms with van der Waals surface area (Å²) in [6, 6.07) is 0.999. The van der Waals surface area contributed by atoms with E-state index in [-0.39, 0.29) is 24.6 Å². The average molecular weight is 306 g/mol. The van der Waals surface area contributed by atoms with E-state index in [4.69, 9.17) is 4.74 Å². The number of ether oxygens (including phenoxy) is 2. The number of carbonyl (C=O) groups is 1. The molecule has 1 N–H and O–H groups in total. The van der Waals surface area contributed by atoms with Crippen LogP contribution in [0, 0.1) is 0 Å². The molecule has 0 aromatic carbocycles. The number of alkyl halides is 3. The molecular formula is C12H13F3N2O4. The fourth-order valence-corrected chi connectivity index (χ4v) is 1.94. The molecule has 1 amide bonds. The second-order valence-corrected chi connectivity index (χ2v) is 4.43. The first-order valence-corrected chi connectivity index (χ1v) is 6.07. The molecule has 0 bridgehead atoms. The van der Waals surface area contributed by atoms with Gasteiger partial charge < -0.3 is 19.4 Å². The minimum absolute atomic E-state index is 0.0155. The molecule has 1 unspecified atom stereocenters. The predicted molar refractivity (Wildman–Crippen MR) is 65.3 cm³/mol. The molecule has 1 aromatic heterocycles. The summed E-state index contributed by atoms with van der Waals surface area (Å²) in [6.07, 6.45) is -5.36. The minimum atomic E-state index is -4.54. The van der Waals surface area contributed by atoms with Gasteiger partial charge in [-0.3, -0.25) is 9.59 Å². The van der Waals surface area contributed by atoms with Crippen LogP contribution in [-0.2, 0) is 4.74 Å². The lowest BCUT2D eigenvalue weighted by Gasteiger charge is -2.33. The molecular weight excluding hydrogens is 293 g/mol. The maximum Gasteiger partial charge on any atom is 0.416 e. The standard InChI is InChI=1S/C12H13F3N2O4/c1-20-9-5-16-7(4-8(9)18)11(19)17-2-3-21-10(6-17)12(13,14)15/h4-5,10H,2-3,6H2,1H3,(H,16,18). The largest absolute Gasteiger partial charge is 0.491 e. The molecule has 0 saturated carbocycles. The van der Waals surface area contributed by atoms with Gasteiger partial charge >= 0.3 is 6.18 Å². The molecule has 1 saturated heterocycles. The number of amides is 1. The van der Waals surface area contributed by atoms with Crippen LogP contribution in [0.5, 0.6) is 5.75 Å². The third-order valence-corrected chi connectivity index (χ3v) is 3.05. The van der Waals surface area contributed by atoms with Gasteiger partial charge in [0.05, 0.1) is 20.3 Å². The monoisotopic (exact) mass is 306 g/mol. The topological polar surface area (TPSA) is 71.6 Å². The van der Waals surface area contributed by atoms with E-state index >= 15 is 0 Å². The second kappa shape index (κ2) is 5.76. The van der Waals surface area contributed by atoms with Crippen LogP contribution in [-0.4, -0.2) is 54.9 Å². The number of aromatic amines is 1. The van der Waals surface area contributed by atoms with E-state index in [1.165, 1.54) is 13.3 Å². The number of methoxy groups -OCH3 is 1. The zero-order valence-electron chi connectivity index (χ0n) is 11.1. The van der Waals surface area contributed by atoms with E-state index < -0.39 is 30.2 Å². The number of hydrogen-bond acceptors (Lipinski definition) is 4. The van der Waals surface area contributed by atoms with Gasteiger partial charge in [-0.15, -0.1) is 0 Å². The molecule has 1 aromatic rings. The SMILES string of the molecule is COc1c[nH]c(C(=O)N2CCOC(C(F)(F)F)C2)cc1=O. The highest BCUT2D eigenvalue weighted by atomic mass is 19.4. The van der Waals surface area contributed by atoms with Crippen LogP contribution in [0.15, 0.2) is 17.1 Å². The third-order valence-electron chi connectivity index (χ3n) is 3.05. The highest BCUT2D eigenvalue weighted by Crippen LogP contribution is 2.26. The van der Waals surface area contributed by atoms with Crippen molar-refractivity contribution in [3.8, 4) is 5.75 Å². The number of carbonyl (C=O) groups excluding carboxylic acids is 1. The van der Waals surface area contributed by atoms with E-state index in [0.717, 1.165) is 11.0 Å². The number of nitrogens with one attached hydrogen (secondary N) is 1. The number of morpholine rings is 1. The van der Waals surface area contributed by atoms with E-state index in [2.05, 4.69) is 9.72 Å². The minimum Gasteiger partial charge on any atom is -0.491 e.